The Labute approximate surface area is 242 Å². The number of aliphatic carboxylic acids is 1. The lowest BCUT2D eigenvalue weighted by molar-refractivity contribution is -0.137. The molecular weight excluding hydrogens is 568 g/mol. The van der Waals surface area contributed by atoms with E-state index in [0.29, 0.717) is 37.0 Å². The fourth-order valence-corrected chi connectivity index (χ4v) is 7.63. The highest BCUT2D eigenvalue weighted by molar-refractivity contribution is 7.87. The summed E-state index contributed by atoms with van der Waals surface area (Å²) in [6.45, 7) is 1.84. The number of carboxylic acids is 1. The van der Waals surface area contributed by atoms with Gasteiger partial charge in [0.05, 0.1) is 22.8 Å². The molecule has 1 heterocycles. The summed E-state index contributed by atoms with van der Waals surface area (Å²) in [6, 6.07) is 9.36. The third-order valence-corrected chi connectivity index (χ3v) is 9.86. The van der Waals surface area contributed by atoms with Crippen molar-refractivity contribution in [1.82, 2.24) is 4.90 Å². The average molecular weight is 606 g/mol. The SMILES string of the molecule is CC1(CCCCCC(=O)O)C2=C(C=C[C+]=C2)N(CCCCS(=O)(=O)O)C1(C=CC=CNc1ccccc1)S(=O)(=O)O. The van der Waals surface area contributed by atoms with E-state index in [0.717, 1.165) is 5.69 Å². The van der Waals surface area contributed by atoms with Gasteiger partial charge < -0.3 is 15.3 Å². The summed E-state index contributed by atoms with van der Waals surface area (Å²) in [7, 11) is -9.03. The summed E-state index contributed by atoms with van der Waals surface area (Å²) in [5, 5.41) is 12.1. The zero-order chi connectivity index (χ0) is 30.2. The van der Waals surface area contributed by atoms with Gasteiger partial charge in [-0.15, -0.1) is 0 Å². The van der Waals surface area contributed by atoms with Crippen molar-refractivity contribution in [2.45, 2.75) is 56.7 Å². The highest BCUT2D eigenvalue weighted by Crippen LogP contribution is 2.58. The van der Waals surface area contributed by atoms with Gasteiger partial charge >= 0.3 is 5.97 Å². The van der Waals surface area contributed by atoms with Crippen LogP contribution in [0.4, 0.5) is 5.69 Å². The average Bonchev–Trinajstić information content (AvgIpc) is 3.11. The molecule has 1 aromatic carbocycles. The van der Waals surface area contributed by atoms with Gasteiger partial charge in [0.2, 0.25) is 4.87 Å². The first-order chi connectivity index (χ1) is 19.3. The number of unbranched alkanes of at least 4 members (excludes halogenated alkanes) is 3. The number of carbonyl (C=O) groups is 1. The van der Waals surface area contributed by atoms with E-state index in [-0.39, 0.29) is 25.8 Å². The minimum Gasteiger partial charge on any atom is -0.481 e. The van der Waals surface area contributed by atoms with Crippen molar-refractivity contribution in [2.75, 3.05) is 17.6 Å². The Hall–Kier alpha value is -3.28. The molecule has 1 aromatic rings. The van der Waals surface area contributed by atoms with Crippen molar-refractivity contribution < 1.29 is 35.8 Å². The normalized spacial score (nSPS) is 22.5. The van der Waals surface area contributed by atoms with Crippen LogP contribution in [-0.4, -0.2) is 59.1 Å². The molecule has 10 nitrogen and oxygen atoms in total. The van der Waals surface area contributed by atoms with Gasteiger partial charge in [-0.1, -0.05) is 37.1 Å². The van der Waals surface area contributed by atoms with Gasteiger partial charge in [-0.2, -0.15) is 16.8 Å². The molecule has 12 heteroatoms. The lowest BCUT2D eigenvalue weighted by atomic mass is 9.72. The van der Waals surface area contributed by atoms with Crippen molar-refractivity contribution in [3.05, 3.63) is 90.3 Å². The van der Waals surface area contributed by atoms with Crippen molar-refractivity contribution >= 4 is 31.9 Å². The second-order valence-corrected chi connectivity index (χ2v) is 13.4. The Kier molecular flexibility index (Phi) is 10.7. The molecule has 0 radical (unpaired) electrons. The maximum absolute atomic E-state index is 13.5. The molecule has 2 aliphatic rings. The molecule has 0 fully saturated rings. The van der Waals surface area contributed by atoms with E-state index >= 15 is 0 Å². The van der Waals surface area contributed by atoms with Gasteiger partial charge in [0, 0.05) is 30.9 Å². The molecular formula is C29H37N2O8S2+. The number of hydrogen-bond acceptors (Lipinski definition) is 7. The first-order valence-electron chi connectivity index (χ1n) is 13.4. The lowest BCUT2D eigenvalue weighted by Gasteiger charge is -2.43. The molecule has 0 aromatic heterocycles. The standard InChI is InChI=1S/C29H36N2O8S2/c1-28(19-9-3-6-18-27(32)33)25-16-7-8-17-26(25)31(22-12-13-23-40(34,35)36)29(28,41(37,38)39)20-10-11-21-30-24-14-4-2-5-15-24/h2,4-5,8,10-11,14-17,20-21,30H,3,6,9,12-13,18-19,22-23H2,1H3,(H2-,32,33,34,35,36,37,38,39)/p+1. The third-order valence-electron chi connectivity index (χ3n) is 7.47. The maximum Gasteiger partial charge on any atom is 0.303 e. The first kappa shape index (κ1) is 32.2. The Morgan fingerprint density at radius 1 is 1.02 bits per heavy atom. The topological polar surface area (TPSA) is 161 Å². The van der Waals surface area contributed by atoms with Crippen LogP contribution in [0.1, 0.15) is 51.9 Å². The van der Waals surface area contributed by atoms with E-state index in [4.69, 9.17) is 9.66 Å². The number of nitrogens with one attached hydrogen (secondary N) is 1. The first-order valence-corrected chi connectivity index (χ1v) is 16.4. The van der Waals surface area contributed by atoms with Gasteiger partial charge in [0.25, 0.3) is 20.2 Å². The van der Waals surface area contributed by atoms with Gasteiger partial charge in [0.15, 0.2) is 5.70 Å². The Balaban J connectivity index is 2.02. The molecule has 0 bridgehead atoms. The molecule has 41 heavy (non-hydrogen) atoms. The second kappa shape index (κ2) is 13.6. The fraction of sp³-hybridized carbons (Fsp3) is 0.414. The minimum absolute atomic E-state index is 0.00349. The third kappa shape index (κ3) is 7.72. The largest absolute Gasteiger partial charge is 0.481 e. The van der Waals surface area contributed by atoms with Crippen molar-refractivity contribution in [3.63, 3.8) is 0 Å². The quantitative estimate of drug-likeness (QED) is 0.0877. The summed E-state index contributed by atoms with van der Waals surface area (Å²) >= 11 is 0. The zero-order valence-corrected chi connectivity index (χ0v) is 24.6. The summed E-state index contributed by atoms with van der Waals surface area (Å²) < 4.78 is 69.7. The maximum atomic E-state index is 13.5. The Morgan fingerprint density at radius 3 is 2.41 bits per heavy atom. The van der Waals surface area contributed by atoms with Crippen LogP contribution in [0, 0.1) is 11.5 Å². The van der Waals surface area contributed by atoms with E-state index < -0.39 is 42.2 Å². The number of benzene rings is 1. The summed E-state index contributed by atoms with van der Waals surface area (Å²) in [6.07, 6.45) is 16.5. The molecule has 0 spiro atoms. The fourth-order valence-electron chi connectivity index (χ4n) is 5.56. The lowest BCUT2D eigenvalue weighted by Crippen LogP contribution is -2.58. The minimum atomic E-state index is -4.84. The molecule has 2 atom stereocenters. The zero-order valence-electron chi connectivity index (χ0n) is 22.9. The molecule has 1 aliphatic heterocycles. The van der Waals surface area contributed by atoms with Crippen LogP contribution in [-0.2, 0) is 25.0 Å². The van der Waals surface area contributed by atoms with E-state index in [1.54, 1.807) is 48.4 Å². The second-order valence-electron chi connectivity index (χ2n) is 10.3. The molecule has 2 unspecified atom stereocenters. The van der Waals surface area contributed by atoms with Crippen LogP contribution in [0.25, 0.3) is 0 Å². The molecule has 4 N–H and O–H groups in total. The number of para-hydroxylation sites is 1. The summed E-state index contributed by atoms with van der Waals surface area (Å²) in [5.74, 6) is -1.38. The van der Waals surface area contributed by atoms with Crippen LogP contribution in [0.5, 0.6) is 0 Å². The van der Waals surface area contributed by atoms with Crippen LogP contribution < -0.4 is 5.32 Å². The molecule has 1 aliphatic carbocycles. The number of hydrogen-bond donors (Lipinski definition) is 4. The molecule has 0 saturated carbocycles. The number of carboxylic acid groups (broad SMARTS) is 1. The number of nitrogens with zero attached hydrogens (tertiary/aromatic N) is 1. The van der Waals surface area contributed by atoms with Crippen molar-refractivity contribution in [1.29, 1.82) is 0 Å². The van der Waals surface area contributed by atoms with Crippen LogP contribution in [0.15, 0.2) is 84.3 Å². The van der Waals surface area contributed by atoms with Crippen LogP contribution in [0.3, 0.4) is 0 Å². The smallest absolute Gasteiger partial charge is 0.303 e. The predicted octanol–water partition coefficient (Wildman–Crippen LogP) is 4.96. The molecule has 3 rings (SSSR count). The van der Waals surface area contributed by atoms with E-state index in [2.05, 4.69) is 11.4 Å². The molecule has 0 amide bonds. The van der Waals surface area contributed by atoms with Gasteiger partial charge in [-0.25, -0.2) is 0 Å². The monoisotopic (exact) mass is 605 g/mol. The Bertz CT molecular complexity index is 1450. The number of rotatable bonds is 16. The van der Waals surface area contributed by atoms with E-state index in [1.807, 2.05) is 30.3 Å². The van der Waals surface area contributed by atoms with E-state index in [9.17, 15) is 26.2 Å². The molecule has 0 saturated heterocycles. The Morgan fingerprint density at radius 2 is 1.76 bits per heavy atom. The highest BCUT2D eigenvalue weighted by Gasteiger charge is 2.68. The van der Waals surface area contributed by atoms with Crippen LogP contribution in [0.2, 0.25) is 0 Å². The van der Waals surface area contributed by atoms with Crippen molar-refractivity contribution in [2.24, 2.45) is 5.41 Å². The van der Waals surface area contributed by atoms with Crippen molar-refractivity contribution in [3.8, 4) is 0 Å². The van der Waals surface area contributed by atoms with Crippen LogP contribution >= 0.6 is 0 Å². The van der Waals surface area contributed by atoms with E-state index in [1.165, 1.54) is 6.08 Å². The van der Waals surface area contributed by atoms with Gasteiger partial charge in [0.1, 0.15) is 12.2 Å². The number of anilines is 1. The number of allylic oxidation sites excluding steroid dienone is 6. The van der Waals surface area contributed by atoms with Gasteiger partial charge in [-0.3, -0.25) is 13.9 Å². The summed E-state index contributed by atoms with van der Waals surface area (Å²) in [4.78, 5) is 10.6. The summed E-state index contributed by atoms with van der Waals surface area (Å²) in [5.41, 5.74) is 0.882. The predicted molar refractivity (Wildman–Crippen MR) is 158 cm³/mol. The molecule has 222 valence electrons. The van der Waals surface area contributed by atoms with Gasteiger partial charge in [-0.05, 0) is 56.9 Å². The highest BCUT2D eigenvalue weighted by atomic mass is 32.2.